The third kappa shape index (κ3) is 1.71. The van der Waals surface area contributed by atoms with Crippen molar-refractivity contribution in [3.05, 3.63) is 30.1 Å². The van der Waals surface area contributed by atoms with E-state index in [1.807, 2.05) is 29.8 Å². The summed E-state index contributed by atoms with van der Waals surface area (Å²) >= 11 is 0. The van der Waals surface area contributed by atoms with E-state index in [1.165, 1.54) is 6.42 Å². The molecule has 5 rings (SSSR count). The van der Waals surface area contributed by atoms with Crippen LogP contribution in [0.3, 0.4) is 0 Å². The number of benzene rings is 1. The van der Waals surface area contributed by atoms with Crippen LogP contribution < -0.4 is 0 Å². The lowest BCUT2D eigenvalue weighted by Crippen LogP contribution is -2.67. The standard InChI is InChI=1S/C18H20N2O3/c1-20-10-19-13-9-11(3-4-14(13)20)17(21)23-16-12-5-8-22-15(12)18(16)6-2-7-18/h3-4,9-10,12,15-16H,2,5-8H2,1H3/t12-,15+,16+/m0/s1. The van der Waals surface area contributed by atoms with Crippen molar-refractivity contribution in [2.45, 2.75) is 37.9 Å². The molecule has 5 nitrogen and oxygen atoms in total. The van der Waals surface area contributed by atoms with Crippen LogP contribution in [0.1, 0.15) is 36.0 Å². The van der Waals surface area contributed by atoms with Crippen LogP contribution in [0.2, 0.25) is 0 Å². The van der Waals surface area contributed by atoms with Crippen molar-refractivity contribution >= 4 is 17.0 Å². The van der Waals surface area contributed by atoms with Gasteiger partial charge in [0.25, 0.3) is 0 Å². The van der Waals surface area contributed by atoms with Gasteiger partial charge in [-0.2, -0.15) is 0 Å². The zero-order valence-electron chi connectivity index (χ0n) is 13.2. The van der Waals surface area contributed by atoms with E-state index < -0.39 is 0 Å². The van der Waals surface area contributed by atoms with Crippen molar-refractivity contribution in [3.8, 4) is 0 Å². The maximum Gasteiger partial charge on any atom is 0.338 e. The summed E-state index contributed by atoms with van der Waals surface area (Å²) < 4.78 is 13.8. The summed E-state index contributed by atoms with van der Waals surface area (Å²) in [6.07, 6.45) is 6.62. The molecule has 0 bridgehead atoms. The normalized spacial score (nSPS) is 30.7. The molecule has 0 unspecified atom stereocenters. The van der Waals surface area contributed by atoms with E-state index in [4.69, 9.17) is 9.47 Å². The van der Waals surface area contributed by atoms with Crippen molar-refractivity contribution in [3.63, 3.8) is 0 Å². The fourth-order valence-corrected chi connectivity index (χ4v) is 4.78. The molecule has 0 amide bonds. The lowest BCUT2D eigenvalue weighted by atomic mass is 9.47. The maximum atomic E-state index is 12.6. The average Bonchev–Trinajstić information content (AvgIpc) is 3.08. The molecule has 2 aliphatic carbocycles. The first kappa shape index (κ1) is 13.5. The van der Waals surface area contributed by atoms with Gasteiger partial charge in [0, 0.05) is 25.0 Å². The number of aromatic nitrogens is 2. The first-order valence-electron chi connectivity index (χ1n) is 8.43. The number of imidazole rings is 1. The molecule has 1 aromatic carbocycles. The first-order chi connectivity index (χ1) is 11.2. The van der Waals surface area contributed by atoms with E-state index in [0.29, 0.717) is 17.6 Å². The number of hydrogen-bond acceptors (Lipinski definition) is 4. The molecule has 1 spiro atoms. The molecule has 120 valence electrons. The fraction of sp³-hybridized carbons (Fsp3) is 0.556. The van der Waals surface area contributed by atoms with Crippen LogP contribution in [0.5, 0.6) is 0 Å². The second kappa shape index (κ2) is 4.57. The maximum absolute atomic E-state index is 12.6. The summed E-state index contributed by atoms with van der Waals surface area (Å²) in [5.41, 5.74) is 2.56. The van der Waals surface area contributed by atoms with Crippen LogP contribution in [-0.2, 0) is 16.5 Å². The minimum Gasteiger partial charge on any atom is -0.458 e. The minimum absolute atomic E-state index is 0.0377. The van der Waals surface area contributed by atoms with Gasteiger partial charge in [0.2, 0.25) is 0 Å². The van der Waals surface area contributed by atoms with Gasteiger partial charge >= 0.3 is 5.97 Å². The SMILES string of the molecule is Cn1cnc2cc(C(=O)O[C@@H]3[C@H]4CCO[C@H]4C34CCC4)ccc21. The van der Waals surface area contributed by atoms with Crippen LogP contribution in [-0.4, -0.2) is 34.3 Å². The molecule has 3 aliphatic rings. The lowest BCUT2D eigenvalue weighted by Gasteiger charge is -2.61. The molecule has 0 N–H and O–H groups in total. The molecule has 2 aromatic rings. The van der Waals surface area contributed by atoms with Crippen molar-refractivity contribution in [2.75, 3.05) is 6.61 Å². The Morgan fingerprint density at radius 3 is 3.09 bits per heavy atom. The number of nitrogens with zero attached hydrogens (tertiary/aromatic N) is 2. The van der Waals surface area contributed by atoms with Crippen LogP contribution in [0.25, 0.3) is 11.0 Å². The van der Waals surface area contributed by atoms with Gasteiger partial charge in [0.15, 0.2) is 0 Å². The summed E-state index contributed by atoms with van der Waals surface area (Å²) in [6.45, 7) is 0.811. The van der Waals surface area contributed by atoms with Gasteiger partial charge in [-0.05, 0) is 37.5 Å². The highest BCUT2D eigenvalue weighted by atomic mass is 16.6. The van der Waals surface area contributed by atoms with E-state index in [2.05, 4.69) is 4.98 Å². The molecule has 1 saturated heterocycles. The molecular formula is C18H20N2O3. The molecular weight excluding hydrogens is 292 g/mol. The zero-order chi connectivity index (χ0) is 15.6. The number of carbonyl (C=O) groups is 1. The van der Waals surface area contributed by atoms with E-state index in [-0.39, 0.29) is 17.5 Å². The number of hydrogen-bond donors (Lipinski definition) is 0. The summed E-state index contributed by atoms with van der Waals surface area (Å²) in [6, 6.07) is 5.59. The molecule has 23 heavy (non-hydrogen) atoms. The largest absolute Gasteiger partial charge is 0.458 e. The smallest absolute Gasteiger partial charge is 0.338 e. The highest BCUT2D eigenvalue weighted by molar-refractivity contribution is 5.93. The minimum atomic E-state index is -0.223. The predicted octanol–water partition coefficient (Wildman–Crippen LogP) is 2.69. The molecule has 3 atom stereocenters. The zero-order valence-corrected chi connectivity index (χ0v) is 13.2. The molecule has 1 aliphatic heterocycles. The molecule has 2 saturated carbocycles. The molecule has 2 heterocycles. The third-order valence-electron chi connectivity index (χ3n) is 6.14. The Bertz CT molecular complexity index is 793. The molecule has 0 radical (unpaired) electrons. The summed E-state index contributed by atoms with van der Waals surface area (Å²) in [5, 5.41) is 0. The Morgan fingerprint density at radius 2 is 2.30 bits per heavy atom. The van der Waals surface area contributed by atoms with E-state index in [1.54, 1.807) is 6.33 Å². The number of carbonyl (C=O) groups excluding carboxylic acids is 1. The monoisotopic (exact) mass is 312 g/mol. The molecule has 1 aromatic heterocycles. The van der Waals surface area contributed by atoms with E-state index >= 15 is 0 Å². The topological polar surface area (TPSA) is 53.4 Å². The van der Waals surface area contributed by atoms with Gasteiger partial charge in [0.05, 0.1) is 29.0 Å². The van der Waals surface area contributed by atoms with Crippen molar-refractivity contribution in [1.29, 1.82) is 0 Å². The Morgan fingerprint density at radius 1 is 1.43 bits per heavy atom. The summed E-state index contributed by atoms with van der Waals surface area (Å²) in [4.78, 5) is 16.9. The highest BCUT2D eigenvalue weighted by Crippen LogP contribution is 2.64. The quantitative estimate of drug-likeness (QED) is 0.800. The summed E-state index contributed by atoms with van der Waals surface area (Å²) in [5.74, 6) is 0.178. The second-order valence-electron chi connectivity index (χ2n) is 7.22. The third-order valence-corrected chi connectivity index (χ3v) is 6.14. The number of fused-ring (bicyclic) bond motifs is 3. The van der Waals surface area contributed by atoms with Gasteiger partial charge in [-0.3, -0.25) is 0 Å². The van der Waals surface area contributed by atoms with E-state index in [9.17, 15) is 4.79 Å². The number of aryl methyl sites for hydroxylation is 1. The first-order valence-corrected chi connectivity index (χ1v) is 8.43. The van der Waals surface area contributed by atoms with Crippen LogP contribution in [0.15, 0.2) is 24.5 Å². The van der Waals surface area contributed by atoms with Crippen molar-refractivity contribution < 1.29 is 14.3 Å². The lowest BCUT2D eigenvalue weighted by molar-refractivity contribution is -0.234. The Labute approximate surface area is 134 Å². The fourth-order valence-electron chi connectivity index (χ4n) is 4.78. The van der Waals surface area contributed by atoms with Gasteiger partial charge in [-0.1, -0.05) is 6.42 Å². The van der Waals surface area contributed by atoms with Gasteiger partial charge in [-0.15, -0.1) is 0 Å². The van der Waals surface area contributed by atoms with Crippen LogP contribution >= 0.6 is 0 Å². The number of ether oxygens (including phenoxy) is 2. The van der Waals surface area contributed by atoms with Crippen LogP contribution in [0.4, 0.5) is 0 Å². The average molecular weight is 312 g/mol. The Balaban J connectivity index is 1.40. The van der Waals surface area contributed by atoms with E-state index in [0.717, 1.165) is 36.9 Å². The van der Waals surface area contributed by atoms with Gasteiger partial charge in [-0.25, -0.2) is 9.78 Å². The predicted molar refractivity (Wildman–Crippen MR) is 84.0 cm³/mol. The molecule has 3 fully saturated rings. The highest BCUT2D eigenvalue weighted by Gasteiger charge is 2.68. The Hall–Kier alpha value is -1.88. The van der Waals surface area contributed by atoms with Gasteiger partial charge in [0.1, 0.15) is 6.10 Å². The van der Waals surface area contributed by atoms with Crippen molar-refractivity contribution in [1.82, 2.24) is 9.55 Å². The Kier molecular flexibility index (Phi) is 2.69. The number of rotatable bonds is 2. The van der Waals surface area contributed by atoms with Gasteiger partial charge < -0.3 is 14.0 Å². The van der Waals surface area contributed by atoms with Crippen LogP contribution in [0, 0.1) is 11.3 Å². The summed E-state index contributed by atoms with van der Waals surface area (Å²) in [7, 11) is 1.95. The van der Waals surface area contributed by atoms with Crippen molar-refractivity contribution in [2.24, 2.45) is 18.4 Å². The second-order valence-corrected chi connectivity index (χ2v) is 7.22. The number of esters is 1. The molecule has 5 heteroatoms.